The predicted octanol–water partition coefficient (Wildman–Crippen LogP) is 4.08. The predicted molar refractivity (Wildman–Crippen MR) is 186 cm³/mol. The molecule has 12 heteroatoms. The lowest BCUT2D eigenvalue weighted by atomic mass is 9.85. The Morgan fingerprint density at radius 1 is 0.913 bits per heavy atom. The standard InChI is InChI=1S/C18H32N4O4.C5H10.C4H8N2O2.C4H10.C3H8/c1-17(2,3)14(15(25)22-9-7-8-12(22)11-23)20-16(26)19-10-13(24)21-18(4,5)6;1-5-3-2-4-5;1-2(5)3(7)4(6)8;1-4(2)3;1-3-2/h11-12,14H,7-10H2,1-6H3,(H,21,24)(H2,19,20,26);5H,2-4H2,1H3;2H,5H2,1H3,(H2,6,8);4H,1-3H3;3H2,1-2H3/t12?,14-;;;;/m1..../s1. The summed E-state index contributed by atoms with van der Waals surface area (Å²) in [6.07, 6.45) is 7.90. The maximum absolute atomic E-state index is 12.9. The number of amides is 5. The molecule has 1 saturated carbocycles. The van der Waals surface area contributed by atoms with Crippen LogP contribution in [0.1, 0.15) is 129 Å². The van der Waals surface area contributed by atoms with E-state index in [4.69, 9.17) is 5.73 Å². The van der Waals surface area contributed by atoms with Crippen LogP contribution in [0.4, 0.5) is 4.79 Å². The summed E-state index contributed by atoms with van der Waals surface area (Å²) in [6.45, 7) is 25.9. The van der Waals surface area contributed by atoms with Gasteiger partial charge in [0, 0.05) is 12.1 Å². The van der Waals surface area contributed by atoms with Crippen molar-refractivity contribution in [3.05, 3.63) is 0 Å². The van der Waals surface area contributed by atoms with Crippen LogP contribution >= 0.6 is 0 Å². The zero-order chi connectivity index (χ0) is 36.8. The number of aldehydes is 1. The Hall–Kier alpha value is -3.02. The van der Waals surface area contributed by atoms with E-state index in [9.17, 15) is 28.8 Å². The van der Waals surface area contributed by atoms with Gasteiger partial charge in [-0.3, -0.25) is 19.2 Å². The van der Waals surface area contributed by atoms with Gasteiger partial charge in [-0.15, -0.1) is 0 Å². The van der Waals surface area contributed by atoms with Crippen LogP contribution < -0.4 is 27.4 Å². The molecule has 0 radical (unpaired) electrons. The number of carbonyl (C=O) groups is 6. The van der Waals surface area contributed by atoms with Crippen molar-refractivity contribution in [3.63, 3.8) is 0 Å². The third kappa shape index (κ3) is 25.2. The van der Waals surface area contributed by atoms with E-state index in [-0.39, 0.29) is 18.4 Å². The number of primary amides is 1. The number of likely N-dealkylation sites (tertiary alicyclic amines) is 1. The van der Waals surface area contributed by atoms with E-state index in [1.807, 2.05) is 41.5 Å². The van der Waals surface area contributed by atoms with Gasteiger partial charge in [-0.1, -0.05) is 88.0 Å². The Morgan fingerprint density at radius 3 is 1.65 bits per heavy atom. The molecule has 3 atom stereocenters. The summed E-state index contributed by atoms with van der Waals surface area (Å²) in [5, 5.41) is 7.88. The van der Waals surface area contributed by atoms with Crippen molar-refractivity contribution >= 4 is 35.8 Å². The Labute approximate surface area is 279 Å². The summed E-state index contributed by atoms with van der Waals surface area (Å²) in [7, 11) is 0. The van der Waals surface area contributed by atoms with Crippen molar-refractivity contribution in [2.24, 2.45) is 28.7 Å². The van der Waals surface area contributed by atoms with E-state index in [1.54, 1.807) is 0 Å². The molecule has 7 N–H and O–H groups in total. The second kappa shape index (κ2) is 24.2. The van der Waals surface area contributed by atoms with Crippen LogP contribution in [0.15, 0.2) is 0 Å². The zero-order valence-corrected chi connectivity index (χ0v) is 31.2. The molecule has 5 amide bonds. The lowest BCUT2D eigenvalue weighted by Gasteiger charge is -2.34. The molecule has 0 bridgehead atoms. The molecule has 46 heavy (non-hydrogen) atoms. The first-order chi connectivity index (χ1) is 20.9. The SMILES string of the molecule is CC(C)(C)NC(=O)CNC(=O)N[C@H](C(=O)N1CCCC1C=O)C(C)(C)C.CC(C)C.CC(N)C(=O)C(N)=O.CC1CCC1.CCC. The van der Waals surface area contributed by atoms with Crippen LogP contribution in [0.3, 0.4) is 0 Å². The molecule has 2 aliphatic rings. The molecule has 270 valence electrons. The van der Waals surface area contributed by atoms with Gasteiger partial charge in [0.1, 0.15) is 12.3 Å². The number of urea groups is 1. The number of Topliss-reactive ketones (excluding diaryl/α,β-unsaturated/α-hetero) is 1. The van der Waals surface area contributed by atoms with Crippen LogP contribution in [-0.4, -0.2) is 77.5 Å². The summed E-state index contributed by atoms with van der Waals surface area (Å²) < 4.78 is 0. The highest BCUT2D eigenvalue weighted by atomic mass is 16.2. The van der Waals surface area contributed by atoms with Crippen molar-refractivity contribution in [1.29, 1.82) is 0 Å². The maximum atomic E-state index is 12.9. The summed E-state index contributed by atoms with van der Waals surface area (Å²) in [4.78, 5) is 69.7. The van der Waals surface area contributed by atoms with E-state index in [0.717, 1.165) is 24.5 Å². The Balaban J connectivity index is -0.000000741. The van der Waals surface area contributed by atoms with Gasteiger partial charge >= 0.3 is 6.03 Å². The number of ketones is 1. The normalized spacial score (nSPS) is 16.8. The van der Waals surface area contributed by atoms with E-state index in [0.29, 0.717) is 13.0 Å². The average molecular weight is 657 g/mol. The van der Waals surface area contributed by atoms with Crippen molar-refractivity contribution in [2.75, 3.05) is 13.1 Å². The quantitative estimate of drug-likeness (QED) is 0.201. The molecule has 2 fully saturated rings. The highest BCUT2D eigenvalue weighted by Crippen LogP contribution is 2.25. The second-order valence-corrected chi connectivity index (χ2v) is 14.8. The molecule has 1 aliphatic carbocycles. The highest BCUT2D eigenvalue weighted by molar-refractivity contribution is 6.37. The Kier molecular flexibility index (Phi) is 24.9. The van der Waals surface area contributed by atoms with Crippen LogP contribution in [0.2, 0.25) is 0 Å². The number of nitrogens with zero attached hydrogens (tertiary/aromatic N) is 1. The first kappa shape index (κ1) is 47.4. The number of hydrogen-bond donors (Lipinski definition) is 5. The number of rotatable bonds is 7. The third-order valence-corrected chi connectivity index (χ3v) is 6.10. The molecular formula is C34H68N6O6. The monoisotopic (exact) mass is 657 g/mol. The lowest BCUT2D eigenvalue weighted by molar-refractivity contribution is -0.138. The van der Waals surface area contributed by atoms with Crippen LogP contribution in [0.25, 0.3) is 0 Å². The smallest absolute Gasteiger partial charge is 0.315 e. The minimum absolute atomic E-state index is 0.186. The summed E-state index contributed by atoms with van der Waals surface area (Å²) in [5.41, 5.74) is 8.62. The highest BCUT2D eigenvalue weighted by Gasteiger charge is 2.39. The van der Waals surface area contributed by atoms with Gasteiger partial charge in [0.05, 0.1) is 18.6 Å². The average Bonchev–Trinajstić information content (AvgIpc) is 3.37. The number of carbonyl (C=O) groups excluding carboxylic acids is 6. The lowest BCUT2D eigenvalue weighted by Crippen LogP contribution is -2.58. The van der Waals surface area contributed by atoms with Gasteiger partial charge < -0.3 is 37.1 Å². The van der Waals surface area contributed by atoms with Gasteiger partial charge in [-0.05, 0) is 57.8 Å². The van der Waals surface area contributed by atoms with Gasteiger partial charge in [0.25, 0.3) is 5.91 Å². The van der Waals surface area contributed by atoms with Crippen molar-refractivity contribution < 1.29 is 28.8 Å². The van der Waals surface area contributed by atoms with E-state index >= 15 is 0 Å². The fraction of sp³-hybridized carbons (Fsp3) is 0.824. The Morgan fingerprint density at radius 2 is 1.37 bits per heavy atom. The van der Waals surface area contributed by atoms with Crippen molar-refractivity contribution in [2.45, 2.75) is 152 Å². The minimum atomic E-state index is -0.972. The number of nitrogens with two attached hydrogens (primary N) is 2. The minimum Gasteiger partial charge on any atom is -0.363 e. The van der Waals surface area contributed by atoms with E-state index in [1.165, 1.54) is 37.5 Å². The van der Waals surface area contributed by atoms with E-state index < -0.39 is 46.8 Å². The third-order valence-electron chi connectivity index (χ3n) is 6.10. The first-order valence-corrected chi connectivity index (χ1v) is 16.6. The van der Waals surface area contributed by atoms with Gasteiger partial charge in [0.15, 0.2) is 0 Å². The van der Waals surface area contributed by atoms with Gasteiger partial charge in [-0.2, -0.15) is 0 Å². The molecular weight excluding hydrogens is 588 g/mol. The second-order valence-electron chi connectivity index (χ2n) is 14.8. The first-order valence-electron chi connectivity index (χ1n) is 16.6. The fourth-order valence-electron chi connectivity index (χ4n) is 3.66. The van der Waals surface area contributed by atoms with Gasteiger partial charge in [-0.25, -0.2) is 4.79 Å². The number of nitrogens with one attached hydrogen (secondary N) is 3. The molecule has 2 unspecified atom stereocenters. The molecule has 12 nitrogen and oxygen atoms in total. The molecule has 1 heterocycles. The summed E-state index contributed by atoms with van der Waals surface area (Å²) >= 11 is 0. The number of hydrogen-bond acceptors (Lipinski definition) is 7. The summed E-state index contributed by atoms with van der Waals surface area (Å²) in [5.74, 6) is -0.395. The van der Waals surface area contributed by atoms with Crippen LogP contribution in [0.5, 0.6) is 0 Å². The van der Waals surface area contributed by atoms with Crippen LogP contribution in [0, 0.1) is 17.3 Å². The fourth-order valence-corrected chi connectivity index (χ4v) is 3.66. The molecule has 1 aliphatic heterocycles. The Bertz CT molecular complexity index is 917. The molecule has 0 aromatic heterocycles. The van der Waals surface area contributed by atoms with Gasteiger partial charge in [0.2, 0.25) is 17.6 Å². The molecule has 1 saturated heterocycles. The molecule has 0 aromatic carbocycles. The largest absolute Gasteiger partial charge is 0.363 e. The summed E-state index contributed by atoms with van der Waals surface area (Å²) in [6, 6.07) is -2.60. The van der Waals surface area contributed by atoms with Crippen molar-refractivity contribution in [3.8, 4) is 0 Å². The van der Waals surface area contributed by atoms with Crippen LogP contribution in [-0.2, 0) is 24.0 Å². The van der Waals surface area contributed by atoms with Crippen molar-refractivity contribution in [1.82, 2.24) is 20.9 Å². The van der Waals surface area contributed by atoms with E-state index in [2.05, 4.69) is 63.2 Å². The molecule has 2 rings (SSSR count). The topological polar surface area (TPSA) is 194 Å². The molecule has 0 aromatic rings. The molecule has 0 spiro atoms. The zero-order valence-electron chi connectivity index (χ0n) is 31.2. The maximum Gasteiger partial charge on any atom is 0.315 e.